The van der Waals surface area contributed by atoms with E-state index < -0.39 is 12.0 Å². The molecule has 0 amide bonds. The molecule has 3 heteroatoms. The molecule has 1 fully saturated rings. The van der Waals surface area contributed by atoms with Crippen LogP contribution in [0.5, 0.6) is 5.75 Å². The summed E-state index contributed by atoms with van der Waals surface area (Å²) in [7, 11) is 0. The number of ether oxygens (including phenoxy) is 1. The van der Waals surface area contributed by atoms with E-state index in [0.717, 1.165) is 12.8 Å². The SMILES string of the molecule is CCCCCC1CCC(C(F)(F)Oc2cc[c]cc2)CC1. The second kappa shape index (κ2) is 7.77. The van der Waals surface area contributed by atoms with Crippen LogP contribution in [0.25, 0.3) is 0 Å². The monoisotopic (exact) mass is 295 g/mol. The van der Waals surface area contributed by atoms with E-state index in [1.54, 1.807) is 12.1 Å². The van der Waals surface area contributed by atoms with Gasteiger partial charge in [-0.05, 0) is 49.8 Å². The van der Waals surface area contributed by atoms with Crippen LogP contribution in [-0.4, -0.2) is 6.11 Å². The second-order valence-corrected chi connectivity index (χ2v) is 6.11. The quantitative estimate of drug-likeness (QED) is 0.574. The van der Waals surface area contributed by atoms with E-state index in [2.05, 4.69) is 13.0 Å². The molecule has 0 saturated heterocycles. The summed E-state index contributed by atoms with van der Waals surface area (Å²) >= 11 is 0. The molecule has 0 aliphatic heterocycles. The molecule has 0 N–H and O–H groups in total. The summed E-state index contributed by atoms with van der Waals surface area (Å²) in [5.41, 5.74) is 0. The summed E-state index contributed by atoms with van der Waals surface area (Å²) in [5, 5.41) is 0. The first-order valence-electron chi connectivity index (χ1n) is 8.14. The van der Waals surface area contributed by atoms with E-state index in [4.69, 9.17) is 4.74 Å². The molecule has 1 aromatic rings. The zero-order chi connectivity index (χ0) is 15.1. The Morgan fingerprint density at radius 1 is 1.14 bits per heavy atom. The van der Waals surface area contributed by atoms with Crippen LogP contribution < -0.4 is 4.74 Å². The van der Waals surface area contributed by atoms with E-state index in [1.807, 2.05) is 0 Å². The smallest absolute Gasteiger partial charge is 0.400 e. The van der Waals surface area contributed by atoms with Gasteiger partial charge >= 0.3 is 6.11 Å². The van der Waals surface area contributed by atoms with Crippen molar-refractivity contribution in [2.24, 2.45) is 11.8 Å². The predicted octanol–water partition coefficient (Wildman–Crippen LogP) is 5.85. The highest BCUT2D eigenvalue weighted by atomic mass is 19.3. The van der Waals surface area contributed by atoms with Gasteiger partial charge in [-0.15, -0.1) is 0 Å². The number of alkyl halides is 2. The summed E-state index contributed by atoms with van der Waals surface area (Å²) < 4.78 is 33.3. The summed E-state index contributed by atoms with van der Waals surface area (Å²) in [6.45, 7) is 2.19. The van der Waals surface area contributed by atoms with Crippen LogP contribution >= 0.6 is 0 Å². The third kappa shape index (κ3) is 4.98. The van der Waals surface area contributed by atoms with Crippen LogP contribution in [0.4, 0.5) is 8.78 Å². The fourth-order valence-corrected chi connectivity index (χ4v) is 3.15. The topological polar surface area (TPSA) is 9.23 Å². The first kappa shape index (κ1) is 16.3. The Balaban J connectivity index is 1.80. The van der Waals surface area contributed by atoms with Gasteiger partial charge in [0.05, 0.1) is 5.92 Å². The largest absolute Gasteiger partial charge is 0.432 e. The van der Waals surface area contributed by atoms with Crippen molar-refractivity contribution < 1.29 is 13.5 Å². The third-order valence-corrected chi connectivity index (χ3v) is 4.48. The highest BCUT2D eigenvalue weighted by Crippen LogP contribution is 2.41. The van der Waals surface area contributed by atoms with Gasteiger partial charge in [0.25, 0.3) is 0 Å². The van der Waals surface area contributed by atoms with Gasteiger partial charge in [-0.2, -0.15) is 8.78 Å². The molecule has 0 atom stereocenters. The summed E-state index contributed by atoms with van der Waals surface area (Å²) in [6.07, 6.45) is 4.81. The minimum absolute atomic E-state index is 0.226. The zero-order valence-electron chi connectivity index (χ0n) is 12.8. The van der Waals surface area contributed by atoms with Crippen LogP contribution in [0, 0.1) is 17.9 Å². The maximum absolute atomic E-state index is 14.2. The minimum atomic E-state index is -3.06. The van der Waals surface area contributed by atoms with Crippen molar-refractivity contribution >= 4 is 0 Å². The van der Waals surface area contributed by atoms with Crippen LogP contribution in [0.1, 0.15) is 58.3 Å². The number of rotatable bonds is 7. The Morgan fingerprint density at radius 3 is 2.43 bits per heavy atom. The van der Waals surface area contributed by atoms with Crippen LogP contribution in [0.3, 0.4) is 0 Å². The van der Waals surface area contributed by atoms with Crippen LogP contribution in [0.2, 0.25) is 0 Å². The molecule has 1 radical (unpaired) electrons. The van der Waals surface area contributed by atoms with E-state index in [0.29, 0.717) is 18.8 Å². The average molecular weight is 295 g/mol. The van der Waals surface area contributed by atoms with E-state index in [-0.39, 0.29) is 5.75 Å². The minimum Gasteiger partial charge on any atom is -0.432 e. The fourth-order valence-electron chi connectivity index (χ4n) is 3.15. The lowest BCUT2D eigenvalue weighted by Crippen LogP contribution is -2.37. The maximum atomic E-state index is 14.2. The van der Waals surface area contributed by atoms with Crippen molar-refractivity contribution in [3.05, 3.63) is 30.3 Å². The van der Waals surface area contributed by atoms with Gasteiger partial charge in [0.2, 0.25) is 0 Å². The van der Waals surface area contributed by atoms with Gasteiger partial charge in [0, 0.05) is 0 Å². The van der Waals surface area contributed by atoms with Gasteiger partial charge in [-0.25, -0.2) is 0 Å². The standard InChI is InChI=1S/C18H25F2O/c1-2-3-5-8-15-11-13-16(14-12-15)18(19,20)21-17-9-6-4-7-10-17/h6-7,9-10,15-16H,2-3,5,8,11-14H2,1H3. The third-order valence-electron chi connectivity index (χ3n) is 4.48. The molecular weight excluding hydrogens is 270 g/mol. The fraction of sp³-hybridized carbons (Fsp3) is 0.667. The zero-order valence-corrected chi connectivity index (χ0v) is 12.8. The highest BCUT2D eigenvalue weighted by molar-refractivity contribution is 5.20. The van der Waals surface area contributed by atoms with Crippen molar-refractivity contribution in [1.82, 2.24) is 0 Å². The number of halogens is 2. The lowest BCUT2D eigenvalue weighted by molar-refractivity contribution is -0.223. The number of hydrogen-bond donors (Lipinski definition) is 0. The Hall–Kier alpha value is -1.12. The molecule has 0 unspecified atom stereocenters. The van der Waals surface area contributed by atoms with Gasteiger partial charge in [0.15, 0.2) is 0 Å². The Bertz CT molecular complexity index is 397. The second-order valence-electron chi connectivity index (χ2n) is 6.11. The maximum Gasteiger partial charge on any atom is 0.400 e. The van der Waals surface area contributed by atoms with Crippen LogP contribution in [0.15, 0.2) is 24.3 Å². The van der Waals surface area contributed by atoms with Gasteiger partial charge in [-0.3, -0.25) is 0 Å². The van der Waals surface area contributed by atoms with Crippen LogP contribution in [-0.2, 0) is 0 Å². The molecule has 117 valence electrons. The normalized spacial score (nSPS) is 23.0. The lowest BCUT2D eigenvalue weighted by Gasteiger charge is -2.33. The molecule has 0 aromatic heterocycles. The summed E-state index contributed by atoms with van der Waals surface area (Å²) in [4.78, 5) is 0. The molecule has 0 heterocycles. The molecule has 1 aliphatic carbocycles. The molecule has 1 nitrogen and oxygen atoms in total. The lowest BCUT2D eigenvalue weighted by atomic mass is 9.79. The van der Waals surface area contributed by atoms with Crippen molar-refractivity contribution in [3.8, 4) is 5.75 Å². The van der Waals surface area contributed by atoms with Crippen molar-refractivity contribution in [3.63, 3.8) is 0 Å². The van der Waals surface area contributed by atoms with Crippen molar-refractivity contribution in [2.45, 2.75) is 64.4 Å². The molecule has 1 aromatic carbocycles. The van der Waals surface area contributed by atoms with E-state index in [9.17, 15) is 8.78 Å². The molecule has 21 heavy (non-hydrogen) atoms. The summed E-state index contributed by atoms with van der Waals surface area (Å²) in [5.74, 6) is 0.211. The Kier molecular flexibility index (Phi) is 6.01. The van der Waals surface area contributed by atoms with Gasteiger partial charge in [0.1, 0.15) is 5.75 Å². The van der Waals surface area contributed by atoms with Gasteiger partial charge < -0.3 is 4.74 Å². The van der Waals surface area contributed by atoms with Crippen molar-refractivity contribution in [2.75, 3.05) is 0 Å². The number of unbranched alkanes of at least 4 members (excludes halogenated alkanes) is 2. The number of benzene rings is 1. The van der Waals surface area contributed by atoms with E-state index in [1.165, 1.54) is 37.8 Å². The van der Waals surface area contributed by atoms with Gasteiger partial charge in [-0.1, -0.05) is 44.7 Å². The molecule has 0 bridgehead atoms. The Morgan fingerprint density at radius 2 is 1.81 bits per heavy atom. The molecular formula is C18H25F2O. The first-order chi connectivity index (χ1) is 10.1. The molecule has 0 spiro atoms. The predicted molar refractivity (Wildman–Crippen MR) is 80.4 cm³/mol. The first-order valence-corrected chi connectivity index (χ1v) is 8.14. The molecule has 2 rings (SSSR count). The highest BCUT2D eigenvalue weighted by Gasteiger charge is 2.43. The molecule has 1 aliphatic rings. The summed E-state index contributed by atoms with van der Waals surface area (Å²) in [6, 6.07) is 9.05. The molecule has 1 saturated carbocycles. The van der Waals surface area contributed by atoms with E-state index >= 15 is 0 Å². The van der Waals surface area contributed by atoms with Crippen molar-refractivity contribution in [1.29, 1.82) is 0 Å². The number of hydrogen-bond acceptors (Lipinski definition) is 1. The Labute approximate surface area is 126 Å². The average Bonchev–Trinajstić information content (AvgIpc) is 2.49.